The Morgan fingerprint density at radius 3 is 2.71 bits per heavy atom. The van der Waals surface area contributed by atoms with E-state index in [-0.39, 0.29) is 24.9 Å². The topological polar surface area (TPSA) is 12.0 Å². The fraction of sp³-hybridized carbons (Fsp3) is 0.625. The first-order chi connectivity index (χ1) is 9.93. The van der Waals surface area contributed by atoms with Gasteiger partial charge in [0.25, 0.3) is 0 Å². The number of aryl methyl sites for hydroxylation is 1. The monoisotopic (exact) mass is 317 g/mol. The predicted octanol–water partition coefficient (Wildman–Crippen LogP) is 5.04. The third-order valence-electron chi connectivity index (χ3n) is 4.76. The first-order valence-corrected chi connectivity index (χ1v) is 7.92. The second-order valence-electron chi connectivity index (χ2n) is 6.20. The van der Waals surface area contributed by atoms with Crippen molar-refractivity contribution in [2.45, 2.75) is 56.8 Å². The predicted molar refractivity (Wildman–Crippen MR) is 77.5 cm³/mol. The second-order valence-corrected chi connectivity index (χ2v) is 6.64. The van der Waals surface area contributed by atoms with Crippen molar-refractivity contribution in [3.8, 4) is 0 Å². The van der Waals surface area contributed by atoms with Crippen LogP contribution in [0.5, 0.6) is 0 Å². The van der Waals surface area contributed by atoms with Gasteiger partial charge in [-0.25, -0.2) is 0 Å². The first kappa shape index (κ1) is 15.2. The van der Waals surface area contributed by atoms with Crippen LogP contribution in [-0.4, -0.2) is 12.2 Å². The molecule has 1 nitrogen and oxygen atoms in total. The highest BCUT2D eigenvalue weighted by atomic mass is 35.5. The molecule has 1 fully saturated rings. The summed E-state index contributed by atoms with van der Waals surface area (Å²) in [6.45, 7) is 0. The van der Waals surface area contributed by atoms with E-state index in [0.29, 0.717) is 6.42 Å². The van der Waals surface area contributed by atoms with Crippen LogP contribution < -0.4 is 5.32 Å². The molecule has 0 aromatic heterocycles. The molecule has 3 atom stereocenters. The number of hydrogen-bond acceptors (Lipinski definition) is 1. The van der Waals surface area contributed by atoms with E-state index in [4.69, 9.17) is 11.6 Å². The van der Waals surface area contributed by atoms with Gasteiger partial charge in [0.05, 0.1) is 5.92 Å². The zero-order valence-electron chi connectivity index (χ0n) is 11.7. The Labute approximate surface area is 127 Å². The SMILES string of the molecule is FC(F)(F)C1CCCC(NC2CCc3cc(Cl)ccc32)C1. The van der Waals surface area contributed by atoms with Gasteiger partial charge in [0.1, 0.15) is 0 Å². The molecule has 2 aliphatic carbocycles. The lowest BCUT2D eigenvalue weighted by Gasteiger charge is -2.33. The zero-order valence-corrected chi connectivity index (χ0v) is 12.5. The highest BCUT2D eigenvalue weighted by molar-refractivity contribution is 6.30. The molecule has 1 aromatic carbocycles. The fourth-order valence-corrected chi connectivity index (χ4v) is 3.88. The normalized spacial score (nSPS) is 29.4. The lowest BCUT2D eigenvalue weighted by molar-refractivity contribution is -0.183. The molecule has 0 radical (unpaired) electrons. The molecule has 1 N–H and O–H groups in total. The van der Waals surface area contributed by atoms with Crippen LogP contribution in [0.15, 0.2) is 18.2 Å². The lowest BCUT2D eigenvalue weighted by Crippen LogP contribution is -2.40. The molecular weight excluding hydrogens is 299 g/mol. The van der Waals surface area contributed by atoms with Gasteiger partial charge in [0.15, 0.2) is 0 Å². The summed E-state index contributed by atoms with van der Waals surface area (Å²) in [4.78, 5) is 0. The Kier molecular flexibility index (Phi) is 4.19. The van der Waals surface area contributed by atoms with Crippen molar-refractivity contribution in [1.82, 2.24) is 5.32 Å². The average Bonchev–Trinajstić information content (AvgIpc) is 2.80. The number of rotatable bonds is 2. The molecule has 116 valence electrons. The minimum absolute atomic E-state index is 0.0306. The molecule has 0 amide bonds. The van der Waals surface area contributed by atoms with Crippen molar-refractivity contribution in [1.29, 1.82) is 0 Å². The number of benzene rings is 1. The van der Waals surface area contributed by atoms with Crippen LogP contribution >= 0.6 is 11.6 Å². The van der Waals surface area contributed by atoms with Crippen LogP contribution in [0.25, 0.3) is 0 Å². The summed E-state index contributed by atoms with van der Waals surface area (Å²) in [6, 6.07) is 5.98. The van der Waals surface area contributed by atoms with Crippen LogP contribution in [0.2, 0.25) is 5.02 Å². The summed E-state index contributed by atoms with van der Waals surface area (Å²) in [7, 11) is 0. The standard InChI is InChI=1S/C16H19ClF3N/c17-12-5-6-14-10(8-12)4-7-15(14)21-13-3-1-2-11(9-13)16(18,19)20/h5-6,8,11,13,15,21H,1-4,7,9H2. The summed E-state index contributed by atoms with van der Waals surface area (Å²) in [5, 5.41) is 4.18. The largest absolute Gasteiger partial charge is 0.391 e. The van der Waals surface area contributed by atoms with E-state index in [1.807, 2.05) is 18.2 Å². The van der Waals surface area contributed by atoms with Gasteiger partial charge in [-0.2, -0.15) is 13.2 Å². The minimum atomic E-state index is -4.05. The molecule has 3 rings (SSSR count). The summed E-state index contributed by atoms with van der Waals surface area (Å²) >= 11 is 5.99. The molecule has 1 saturated carbocycles. The van der Waals surface area contributed by atoms with E-state index in [0.717, 1.165) is 24.3 Å². The van der Waals surface area contributed by atoms with E-state index < -0.39 is 12.1 Å². The molecule has 0 saturated heterocycles. The van der Waals surface area contributed by atoms with Gasteiger partial charge in [0.2, 0.25) is 0 Å². The van der Waals surface area contributed by atoms with Crippen molar-refractivity contribution in [2.24, 2.45) is 5.92 Å². The van der Waals surface area contributed by atoms with E-state index >= 15 is 0 Å². The maximum Gasteiger partial charge on any atom is 0.391 e. The third kappa shape index (κ3) is 3.37. The van der Waals surface area contributed by atoms with E-state index in [1.165, 1.54) is 11.1 Å². The quantitative estimate of drug-likeness (QED) is 0.806. The van der Waals surface area contributed by atoms with Crippen molar-refractivity contribution in [3.05, 3.63) is 34.3 Å². The Hall–Kier alpha value is -0.740. The van der Waals surface area contributed by atoms with Crippen LogP contribution in [-0.2, 0) is 6.42 Å². The Balaban J connectivity index is 1.66. The number of hydrogen-bond donors (Lipinski definition) is 1. The Morgan fingerprint density at radius 2 is 1.95 bits per heavy atom. The molecule has 0 aliphatic heterocycles. The highest BCUT2D eigenvalue weighted by Crippen LogP contribution is 2.39. The van der Waals surface area contributed by atoms with Crippen LogP contribution in [0.1, 0.15) is 49.3 Å². The van der Waals surface area contributed by atoms with Gasteiger partial charge in [-0.1, -0.05) is 24.1 Å². The average molecular weight is 318 g/mol. The Bertz CT molecular complexity index is 515. The van der Waals surface area contributed by atoms with Gasteiger partial charge in [-0.15, -0.1) is 0 Å². The summed E-state index contributed by atoms with van der Waals surface area (Å²) in [6.07, 6.45) is -0.178. The van der Waals surface area contributed by atoms with Gasteiger partial charge >= 0.3 is 6.18 Å². The molecule has 0 heterocycles. The maximum absolute atomic E-state index is 12.9. The van der Waals surface area contributed by atoms with Crippen molar-refractivity contribution >= 4 is 11.6 Å². The van der Waals surface area contributed by atoms with Gasteiger partial charge in [-0.3, -0.25) is 0 Å². The zero-order chi connectivity index (χ0) is 15.0. The molecule has 0 spiro atoms. The van der Waals surface area contributed by atoms with Crippen LogP contribution in [0, 0.1) is 5.92 Å². The molecule has 5 heteroatoms. The minimum Gasteiger partial charge on any atom is -0.307 e. The number of fused-ring (bicyclic) bond motifs is 1. The Morgan fingerprint density at radius 1 is 1.14 bits per heavy atom. The number of alkyl halides is 3. The summed E-state index contributed by atoms with van der Waals surface area (Å²) in [5.41, 5.74) is 2.43. The number of nitrogens with one attached hydrogen (secondary N) is 1. The fourth-order valence-electron chi connectivity index (χ4n) is 3.68. The first-order valence-electron chi connectivity index (χ1n) is 7.54. The van der Waals surface area contributed by atoms with Crippen LogP contribution in [0.4, 0.5) is 13.2 Å². The van der Waals surface area contributed by atoms with Crippen molar-refractivity contribution < 1.29 is 13.2 Å². The van der Waals surface area contributed by atoms with E-state index in [9.17, 15) is 13.2 Å². The highest BCUT2D eigenvalue weighted by Gasteiger charge is 2.42. The van der Waals surface area contributed by atoms with Gasteiger partial charge < -0.3 is 5.32 Å². The van der Waals surface area contributed by atoms with Crippen molar-refractivity contribution in [2.75, 3.05) is 0 Å². The van der Waals surface area contributed by atoms with E-state index in [1.54, 1.807) is 0 Å². The lowest BCUT2D eigenvalue weighted by atomic mass is 9.84. The van der Waals surface area contributed by atoms with Gasteiger partial charge in [0, 0.05) is 17.1 Å². The maximum atomic E-state index is 12.9. The number of halogens is 4. The third-order valence-corrected chi connectivity index (χ3v) is 4.99. The smallest absolute Gasteiger partial charge is 0.307 e. The molecule has 3 unspecified atom stereocenters. The molecule has 21 heavy (non-hydrogen) atoms. The van der Waals surface area contributed by atoms with Crippen molar-refractivity contribution in [3.63, 3.8) is 0 Å². The molecule has 1 aromatic rings. The summed E-state index contributed by atoms with van der Waals surface area (Å²) in [5.74, 6) is -1.14. The molecule has 0 bridgehead atoms. The van der Waals surface area contributed by atoms with Crippen LogP contribution in [0.3, 0.4) is 0 Å². The van der Waals surface area contributed by atoms with E-state index in [2.05, 4.69) is 5.32 Å². The second kappa shape index (κ2) is 5.81. The van der Waals surface area contributed by atoms with Gasteiger partial charge in [-0.05, 0) is 55.4 Å². The summed E-state index contributed by atoms with van der Waals surface area (Å²) < 4.78 is 38.6. The molecular formula is C16H19ClF3N. The molecule has 2 aliphatic rings.